The number of aliphatic imine (C=N–C) groups is 1. The summed E-state index contributed by atoms with van der Waals surface area (Å²) < 4.78 is 5.02. The van der Waals surface area contributed by atoms with Crippen molar-refractivity contribution >= 4 is 40.8 Å². The molecule has 9 heteroatoms. The van der Waals surface area contributed by atoms with E-state index in [-0.39, 0.29) is 16.3 Å². The maximum absolute atomic E-state index is 12.0. The third-order valence-corrected chi connectivity index (χ3v) is 3.70. The molecule has 0 saturated carbocycles. The Bertz CT molecular complexity index is 1030. The van der Waals surface area contributed by atoms with Gasteiger partial charge in [-0.15, -0.1) is 0 Å². The number of phenols is 1. The summed E-state index contributed by atoms with van der Waals surface area (Å²) in [5, 5.41) is 23.7. The summed E-state index contributed by atoms with van der Waals surface area (Å²) in [6.45, 7) is 0. The van der Waals surface area contributed by atoms with Gasteiger partial charge in [0.15, 0.2) is 5.76 Å². The van der Waals surface area contributed by atoms with Crippen molar-refractivity contribution in [1.29, 1.82) is 0 Å². The van der Waals surface area contributed by atoms with Crippen molar-refractivity contribution in [2.75, 3.05) is 5.32 Å². The first kappa shape index (κ1) is 18.2. The molecular formula is C18H12ClN3O5. The number of anilines is 1. The minimum atomic E-state index is -0.733. The Morgan fingerprint density at radius 3 is 2.78 bits per heavy atom. The van der Waals surface area contributed by atoms with Crippen LogP contribution in [0.4, 0.5) is 17.1 Å². The highest BCUT2D eigenvalue weighted by Gasteiger charge is 2.17. The summed E-state index contributed by atoms with van der Waals surface area (Å²) in [5.41, 5.74) is 0.518. The Balaban J connectivity index is 1.82. The number of nitrogens with one attached hydrogen (secondary N) is 1. The highest BCUT2D eigenvalue weighted by molar-refractivity contribution is 6.31. The number of nitrogens with zero attached hydrogens (tertiary/aromatic N) is 2. The van der Waals surface area contributed by atoms with Crippen LogP contribution in [0.25, 0.3) is 0 Å². The molecule has 0 saturated heterocycles. The fourth-order valence-electron chi connectivity index (χ4n) is 2.25. The van der Waals surface area contributed by atoms with E-state index in [0.29, 0.717) is 11.4 Å². The number of halogens is 1. The van der Waals surface area contributed by atoms with Crippen molar-refractivity contribution in [3.05, 3.63) is 81.3 Å². The first-order chi connectivity index (χ1) is 12.9. The van der Waals surface area contributed by atoms with E-state index >= 15 is 0 Å². The lowest BCUT2D eigenvalue weighted by Gasteiger charge is -2.04. The van der Waals surface area contributed by atoms with E-state index < -0.39 is 22.3 Å². The van der Waals surface area contributed by atoms with Gasteiger partial charge in [0.25, 0.3) is 5.91 Å². The molecule has 2 N–H and O–H groups in total. The van der Waals surface area contributed by atoms with E-state index in [9.17, 15) is 20.0 Å². The summed E-state index contributed by atoms with van der Waals surface area (Å²) in [6, 6.07) is 12.1. The number of nitro groups is 1. The van der Waals surface area contributed by atoms with Crippen molar-refractivity contribution in [2.24, 2.45) is 4.99 Å². The minimum absolute atomic E-state index is 0.0965. The molecule has 0 aliphatic rings. The zero-order chi connectivity index (χ0) is 19.4. The maximum Gasteiger partial charge on any atom is 0.312 e. The number of rotatable bonds is 5. The van der Waals surface area contributed by atoms with Gasteiger partial charge in [0, 0.05) is 28.6 Å². The van der Waals surface area contributed by atoms with Crippen LogP contribution in [0.15, 0.2) is 64.2 Å². The molecule has 0 spiro atoms. The zero-order valence-corrected chi connectivity index (χ0v) is 14.4. The van der Waals surface area contributed by atoms with Crippen LogP contribution in [0.2, 0.25) is 5.02 Å². The van der Waals surface area contributed by atoms with Gasteiger partial charge in [0.1, 0.15) is 0 Å². The largest absolute Gasteiger partial charge is 0.502 e. The van der Waals surface area contributed by atoms with E-state index in [2.05, 4.69) is 10.3 Å². The minimum Gasteiger partial charge on any atom is -0.502 e. The highest BCUT2D eigenvalue weighted by atomic mass is 35.5. The van der Waals surface area contributed by atoms with Gasteiger partial charge in [-0.25, -0.2) is 0 Å². The molecular weight excluding hydrogens is 374 g/mol. The van der Waals surface area contributed by atoms with Crippen LogP contribution in [0.3, 0.4) is 0 Å². The normalized spacial score (nSPS) is 10.9. The highest BCUT2D eigenvalue weighted by Crippen LogP contribution is 2.32. The van der Waals surface area contributed by atoms with Crippen molar-refractivity contribution in [2.45, 2.75) is 0 Å². The number of aromatic hydroxyl groups is 1. The predicted molar refractivity (Wildman–Crippen MR) is 100 cm³/mol. The van der Waals surface area contributed by atoms with Crippen molar-refractivity contribution < 1.29 is 19.2 Å². The van der Waals surface area contributed by atoms with E-state index in [1.165, 1.54) is 24.6 Å². The lowest BCUT2D eigenvalue weighted by atomic mass is 10.2. The SMILES string of the molecule is O=C(Nc1cccc(N=Cc2cc(Cl)cc([N+](=O)[O-])c2O)c1)c1ccco1. The third kappa shape index (κ3) is 4.31. The predicted octanol–water partition coefficient (Wildman–Crippen LogP) is 4.55. The molecule has 1 aromatic heterocycles. The molecule has 0 atom stereocenters. The molecule has 27 heavy (non-hydrogen) atoms. The monoisotopic (exact) mass is 385 g/mol. The molecule has 0 fully saturated rings. The molecule has 1 amide bonds. The average molecular weight is 386 g/mol. The van der Waals surface area contributed by atoms with Crippen molar-refractivity contribution in [3.63, 3.8) is 0 Å². The summed E-state index contributed by atoms with van der Waals surface area (Å²) in [7, 11) is 0. The lowest BCUT2D eigenvalue weighted by molar-refractivity contribution is -0.385. The van der Waals surface area contributed by atoms with Gasteiger partial charge >= 0.3 is 5.69 Å². The topological polar surface area (TPSA) is 118 Å². The molecule has 136 valence electrons. The summed E-state index contributed by atoms with van der Waals surface area (Å²) in [5.74, 6) is -0.778. The van der Waals surface area contributed by atoms with Crippen LogP contribution >= 0.6 is 11.6 Å². The third-order valence-electron chi connectivity index (χ3n) is 3.48. The van der Waals surface area contributed by atoms with Crippen molar-refractivity contribution in [3.8, 4) is 5.75 Å². The Labute approximate surface area is 157 Å². The molecule has 0 aliphatic heterocycles. The molecule has 3 rings (SSSR count). The molecule has 8 nitrogen and oxygen atoms in total. The van der Waals surface area contributed by atoms with Gasteiger partial charge in [0.2, 0.25) is 5.75 Å². The maximum atomic E-state index is 12.0. The molecule has 0 radical (unpaired) electrons. The second-order valence-corrected chi connectivity index (χ2v) is 5.80. The summed E-state index contributed by atoms with van der Waals surface area (Å²) in [4.78, 5) is 26.4. The standard InChI is InChI=1S/C18H12ClN3O5/c19-12-7-11(17(23)15(8-12)22(25)26)10-20-13-3-1-4-14(9-13)21-18(24)16-5-2-6-27-16/h1-10,23H,(H,21,24). The zero-order valence-electron chi connectivity index (χ0n) is 13.6. The van der Waals surface area contributed by atoms with Gasteiger partial charge in [-0.2, -0.15) is 0 Å². The number of carbonyl (C=O) groups excluding carboxylic acids is 1. The second-order valence-electron chi connectivity index (χ2n) is 5.36. The number of carbonyl (C=O) groups is 1. The van der Waals surface area contributed by atoms with Crippen LogP contribution in [0, 0.1) is 10.1 Å². The Hall–Kier alpha value is -3.65. The molecule has 0 bridgehead atoms. The second kappa shape index (κ2) is 7.71. The average Bonchev–Trinajstić information content (AvgIpc) is 3.17. The van der Waals surface area contributed by atoms with E-state index in [0.717, 1.165) is 6.07 Å². The molecule has 3 aromatic rings. The van der Waals surface area contributed by atoms with Crippen LogP contribution in [-0.2, 0) is 0 Å². The van der Waals surface area contributed by atoms with Crippen LogP contribution in [-0.4, -0.2) is 22.2 Å². The first-order valence-corrected chi connectivity index (χ1v) is 7.98. The summed E-state index contributed by atoms with van der Waals surface area (Å²) >= 11 is 5.85. The smallest absolute Gasteiger partial charge is 0.312 e. The van der Waals surface area contributed by atoms with E-state index in [1.54, 1.807) is 30.3 Å². The Kier molecular flexibility index (Phi) is 5.18. The lowest BCUT2D eigenvalue weighted by Crippen LogP contribution is -2.10. The number of benzene rings is 2. The summed E-state index contributed by atoms with van der Waals surface area (Å²) in [6.07, 6.45) is 2.65. The van der Waals surface area contributed by atoms with Gasteiger partial charge in [-0.1, -0.05) is 17.7 Å². The van der Waals surface area contributed by atoms with Gasteiger partial charge < -0.3 is 14.8 Å². The van der Waals surface area contributed by atoms with Crippen LogP contribution in [0.1, 0.15) is 16.1 Å². The van der Waals surface area contributed by atoms with E-state index in [1.807, 2.05) is 0 Å². The number of hydrogen-bond donors (Lipinski definition) is 2. The number of phenolic OH excluding ortho intramolecular Hbond substituents is 1. The molecule has 0 unspecified atom stereocenters. The number of hydrogen-bond acceptors (Lipinski definition) is 6. The molecule has 1 heterocycles. The number of nitro benzene ring substituents is 1. The molecule has 2 aromatic carbocycles. The quantitative estimate of drug-likeness (QED) is 0.379. The molecule has 0 aliphatic carbocycles. The van der Waals surface area contributed by atoms with E-state index in [4.69, 9.17) is 16.0 Å². The number of amides is 1. The van der Waals surface area contributed by atoms with Gasteiger partial charge in [-0.3, -0.25) is 19.9 Å². The van der Waals surface area contributed by atoms with Crippen LogP contribution < -0.4 is 5.32 Å². The Morgan fingerprint density at radius 2 is 2.07 bits per heavy atom. The van der Waals surface area contributed by atoms with Crippen LogP contribution in [0.5, 0.6) is 5.75 Å². The Morgan fingerprint density at radius 1 is 1.26 bits per heavy atom. The van der Waals surface area contributed by atoms with Gasteiger partial charge in [0.05, 0.1) is 16.9 Å². The first-order valence-electron chi connectivity index (χ1n) is 7.60. The number of furan rings is 1. The fraction of sp³-hybridized carbons (Fsp3) is 0. The fourth-order valence-corrected chi connectivity index (χ4v) is 2.47. The van der Waals surface area contributed by atoms with Gasteiger partial charge in [-0.05, 0) is 36.4 Å². The van der Waals surface area contributed by atoms with Crippen molar-refractivity contribution in [1.82, 2.24) is 0 Å².